The van der Waals surface area contributed by atoms with Crippen LogP contribution in [0.1, 0.15) is 40.9 Å². The Morgan fingerprint density at radius 3 is 2.19 bits per heavy atom. The highest BCUT2D eigenvalue weighted by Gasteiger charge is 2.17. The van der Waals surface area contributed by atoms with Gasteiger partial charge in [0.2, 0.25) is 0 Å². The number of Topliss-reactive ketones (excluding diaryl/α,β-unsaturated/α-hetero) is 1. The number of hydrogen-bond acceptors (Lipinski definition) is 2. The van der Waals surface area contributed by atoms with E-state index in [4.69, 9.17) is 11.6 Å². The van der Waals surface area contributed by atoms with Gasteiger partial charge in [-0.3, -0.25) is 4.79 Å². The summed E-state index contributed by atoms with van der Waals surface area (Å²) in [4.78, 5) is 12.8. The van der Waals surface area contributed by atoms with Crippen molar-refractivity contribution in [2.45, 2.75) is 25.8 Å². The number of halogens is 2. The Kier molecular flexibility index (Phi) is 6.70. The van der Waals surface area contributed by atoms with Gasteiger partial charge in [-0.05, 0) is 66.1 Å². The first kappa shape index (κ1) is 19.7. The maximum Gasteiger partial charge on any atom is 0.165 e. The lowest BCUT2D eigenvalue weighted by atomic mass is 9.97. The zero-order valence-corrected chi connectivity index (χ0v) is 17.4. The molecule has 0 saturated heterocycles. The minimum absolute atomic E-state index is 0.0808. The predicted octanol–water partition coefficient (Wildman–Crippen LogP) is 7.09. The van der Waals surface area contributed by atoms with Gasteiger partial charge in [0.25, 0.3) is 0 Å². The highest BCUT2D eigenvalue weighted by molar-refractivity contribution is 9.10. The Labute approximate surface area is 173 Å². The smallest absolute Gasteiger partial charge is 0.165 e. The summed E-state index contributed by atoms with van der Waals surface area (Å²) in [6.45, 7) is 2.14. The molecule has 4 heteroatoms. The number of aryl methyl sites for hydroxylation is 1. The van der Waals surface area contributed by atoms with Crippen molar-refractivity contribution in [3.8, 4) is 0 Å². The molecule has 3 aromatic carbocycles. The summed E-state index contributed by atoms with van der Waals surface area (Å²) in [7, 11) is 0. The second-order valence-electron chi connectivity index (χ2n) is 6.43. The molecule has 0 aliphatic carbocycles. The van der Waals surface area contributed by atoms with Gasteiger partial charge in [-0.2, -0.15) is 0 Å². The molecule has 3 rings (SSSR count). The topological polar surface area (TPSA) is 29.1 Å². The summed E-state index contributed by atoms with van der Waals surface area (Å²) in [6.07, 6.45) is 1.37. The first-order valence-corrected chi connectivity index (χ1v) is 10.1. The van der Waals surface area contributed by atoms with Gasteiger partial charge in [-0.25, -0.2) is 0 Å². The van der Waals surface area contributed by atoms with Crippen molar-refractivity contribution in [3.63, 3.8) is 0 Å². The fourth-order valence-electron chi connectivity index (χ4n) is 2.92. The second-order valence-corrected chi connectivity index (χ2v) is 7.79. The molecule has 0 fully saturated rings. The maximum atomic E-state index is 12.8. The van der Waals surface area contributed by atoms with E-state index in [1.807, 2.05) is 24.3 Å². The molecular formula is C23H21BrClNO. The largest absolute Gasteiger partial charge is 0.378 e. The summed E-state index contributed by atoms with van der Waals surface area (Å²) < 4.78 is 1.02. The normalized spacial score (nSPS) is 11.8. The highest BCUT2D eigenvalue weighted by atomic mass is 79.9. The summed E-state index contributed by atoms with van der Waals surface area (Å²) in [5, 5.41) is 4.15. The van der Waals surface area contributed by atoms with Crippen molar-refractivity contribution in [2.75, 3.05) is 5.32 Å². The molecule has 0 amide bonds. The van der Waals surface area contributed by atoms with Crippen LogP contribution in [0.15, 0.2) is 77.3 Å². The molecule has 0 aliphatic rings. The van der Waals surface area contributed by atoms with E-state index in [0.717, 1.165) is 22.1 Å². The van der Waals surface area contributed by atoms with Crippen LogP contribution >= 0.6 is 27.5 Å². The van der Waals surface area contributed by atoms with Crippen molar-refractivity contribution < 1.29 is 4.79 Å². The van der Waals surface area contributed by atoms with Gasteiger partial charge in [0.15, 0.2) is 5.78 Å². The molecule has 0 aromatic heterocycles. The molecule has 2 nitrogen and oxygen atoms in total. The lowest BCUT2D eigenvalue weighted by Crippen LogP contribution is -2.16. The van der Waals surface area contributed by atoms with E-state index < -0.39 is 0 Å². The molecule has 1 atom stereocenters. The van der Waals surface area contributed by atoms with Gasteiger partial charge in [-0.15, -0.1) is 0 Å². The lowest BCUT2D eigenvalue weighted by Gasteiger charge is -2.20. The standard InChI is InChI=1S/C23H21BrClNO/c1-2-16-3-13-21(14-4-16)26-22(17-5-9-19(24)10-6-17)15-23(27)18-7-11-20(25)12-8-18/h3-14,22,26H,2,15H2,1H3. The Morgan fingerprint density at radius 1 is 0.963 bits per heavy atom. The van der Waals surface area contributed by atoms with Crippen molar-refractivity contribution >= 4 is 39.0 Å². The third kappa shape index (κ3) is 5.44. The van der Waals surface area contributed by atoms with Gasteiger partial charge in [-0.1, -0.05) is 58.7 Å². The maximum absolute atomic E-state index is 12.8. The molecule has 0 heterocycles. The predicted molar refractivity (Wildman–Crippen MR) is 117 cm³/mol. The van der Waals surface area contributed by atoms with E-state index in [9.17, 15) is 4.79 Å². The average Bonchev–Trinajstić information content (AvgIpc) is 2.69. The van der Waals surface area contributed by atoms with Gasteiger partial charge in [0.1, 0.15) is 0 Å². The van der Waals surface area contributed by atoms with Crippen LogP contribution in [0, 0.1) is 0 Å². The molecule has 3 aromatic rings. The van der Waals surface area contributed by atoms with Crippen LogP contribution in [-0.2, 0) is 6.42 Å². The number of carbonyl (C=O) groups is 1. The molecule has 0 bridgehead atoms. The summed E-state index contributed by atoms with van der Waals surface area (Å²) in [6, 6.07) is 23.4. The van der Waals surface area contributed by atoms with Crippen LogP contribution in [-0.4, -0.2) is 5.78 Å². The van der Waals surface area contributed by atoms with Crippen molar-refractivity contribution in [3.05, 3.63) is 99.0 Å². The second kappa shape index (κ2) is 9.20. The van der Waals surface area contributed by atoms with E-state index in [2.05, 4.69) is 52.4 Å². The van der Waals surface area contributed by atoms with E-state index in [1.54, 1.807) is 24.3 Å². The zero-order valence-electron chi connectivity index (χ0n) is 15.1. The third-order valence-corrected chi connectivity index (χ3v) is 5.31. The Bertz CT molecular complexity index is 889. The molecule has 1 N–H and O–H groups in total. The van der Waals surface area contributed by atoms with Crippen LogP contribution in [0.3, 0.4) is 0 Å². The third-order valence-electron chi connectivity index (χ3n) is 4.53. The first-order valence-electron chi connectivity index (χ1n) is 8.95. The molecule has 0 aliphatic heterocycles. The average molecular weight is 443 g/mol. The number of hydrogen-bond donors (Lipinski definition) is 1. The lowest BCUT2D eigenvalue weighted by molar-refractivity contribution is 0.0976. The van der Waals surface area contributed by atoms with Gasteiger partial charge in [0.05, 0.1) is 6.04 Å². The molecule has 1 unspecified atom stereocenters. The highest BCUT2D eigenvalue weighted by Crippen LogP contribution is 2.26. The van der Waals surface area contributed by atoms with E-state index in [0.29, 0.717) is 17.0 Å². The number of carbonyl (C=O) groups excluding carboxylic acids is 1. The van der Waals surface area contributed by atoms with Crippen molar-refractivity contribution in [1.29, 1.82) is 0 Å². The number of ketones is 1. The van der Waals surface area contributed by atoms with E-state index >= 15 is 0 Å². The number of nitrogens with one attached hydrogen (secondary N) is 1. The van der Waals surface area contributed by atoms with E-state index in [-0.39, 0.29) is 11.8 Å². The van der Waals surface area contributed by atoms with Crippen molar-refractivity contribution in [1.82, 2.24) is 0 Å². The van der Waals surface area contributed by atoms with Gasteiger partial charge >= 0.3 is 0 Å². The quantitative estimate of drug-likeness (QED) is 0.396. The van der Waals surface area contributed by atoms with Crippen LogP contribution < -0.4 is 5.32 Å². The van der Waals surface area contributed by atoms with Gasteiger partial charge in [0, 0.05) is 27.2 Å². The Morgan fingerprint density at radius 2 is 1.59 bits per heavy atom. The SMILES string of the molecule is CCc1ccc(NC(CC(=O)c2ccc(Cl)cc2)c2ccc(Br)cc2)cc1. The van der Waals surface area contributed by atoms with Gasteiger partial charge < -0.3 is 5.32 Å². The van der Waals surface area contributed by atoms with E-state index in [1.165, 1.54) is 5.56 Å². The molecular weight excluding hydrogens is 422 g/mol. The van der Waals surface area contributed by atoms with Crippen LogP contribution in [0.2, 0.25) is 5.02 Å². The molecule has 0 saturated carbocycles. The minimum Gasteiger partial charge on any atom is -0.378 e. The van der Waals surface area contributed by atoms with Crippen LogP contribution in [0.4, 0.5) is 5.69 Å². The summed E-state index contributed by atoms with van der Waals surface area (Å²) in [5.74, 6) is 0.0808. The number of benzene rings is 3. The first-order chi connectivity index (χ1) is 13.0. The number of anilines is 1. The summed E-state index contributed by atoms with van der Waals surface area (Å²) >= 11 is 9.41. The monoisotopic (exact) mass is 441 g/mol. The van der Waals surface area contributed by atoms with Crippen LogP contribution in [0.25, 0.3) is 0 Å². The fourth-order valence-corrected chi connectivity index (χ4v) is 3.31. The molecule has 138 valence electrons. The minimum atomic E-state index is -0.117. The van der Waals surface area contributed by atoms with Crippen molar-refractivity contribution in [2.24, 2.45) is 0 Å². The summed E-state index contributed by atoms with van der Waals surface area (Å²) in [5.41, 5.74) is 4.03. The Hall–Kier alpha value is -2.10. The fraction of sp³-hybridized carbons (Fsp3) is 0.174. The molecule has 0 radical (unpaired) electrons. The van der Waals surface area contributed by atoms with Crippen LogP contribution in [0.5, 0.6) is 0 Å². The Balaban J connectivity index is 1.83. The molecule has 0 spiro atoms. The number of rotatable bonds is 7. The molecule has 27 heavy (non-hydrogen) atoms. The zero-order chi connectivity index (χ0) is 19.2.